The summed E-state index contributed by atoms with van der Waals surface area (Å²) in [6.07, 6.45) is 1.35. The summed E-state index contributed by atoms with van der Waals surface area (Å²) in [6.45, 7) is 0. The van der Waals surface area contributed by atoms with Crippen molar-refractivity contribution in [2.75, 3.05) is 14.1 Å². The predicted octanol–water partition coefficient (Wildman–Crippen LogP) is 2.72. The molecule has 0 radical (unpaired) electrons. The number of halogens is 3. The van der Waals surface area contributed by atoms with Crippen LogP contribution in [0.1, 0.15) is 5.56 Å². The summed E-state index contributed by atoms with van der Waals surface area (Å²) in [5.74, 6) is 0.0868. The van der Waals surface area contributed by atoms with E-state index in [0.717, 1.165) is 0 Å². The van der Waals surface area contributed by atoms with Crippen molar-refractivity contribution in [1.29, 1.82) is 0 Å². The maximum atomic E-state index is 13.3. The van der Waals surface area contributed by atoms with Crippen molar-refractivity contribution < 1.29 is 22.5 Å². The molecule has 7 heteroatoms. The van der Waals surface area contributed by atoms with Gasteiger partial charge in [0.05, 0.1) is 23.1 Å². The summed E-state index contributed by atoms with van der Waals surface area (Å²) in [5.41, 5.74) is 0.449. The van der Waals surface area contributed by atoms with Gasteiger partial charge in [-0.3, -0.25) is 0 Å². The molecule has 1 aliphatic heterocycles. The van der Waals surface area contributed by atoms with Crippen molar-refractivity contribution in [1.82, 2.24) is 0 Å². The first-order valence-electron chi connectivity index (χ1n) is 5.28. The molecule has 1 heterocycles. The third kappa shape index (κ3) is 2.64. The van der Waals surface area contributed by atoms with E-state index in [0.29, 0.717) is 5.56 Å². The first kappa shape index (κ1) is 12.9. The zero-order valence-electron chi connectivity index (χ0n) is 9.86. The second-order valence-corrected chi connectivity index (χ2v) is 4.38. The summed E-state index contributed by atoms with van der Waals surface area (Å²) in [7, 11) is -0.950. The number of fused-ring (bicyclic) bond motifs is 1. The molecule has 0 unspecified atom stereocenters. The lowest BCUT2D eigenvalue weighted by Crippen LogP contribution is -2.38. The first-order valence-corrected chi connectivity index (χ1v) is 5.66. The zero-order chi connectivity index (χ0) is 13.3. The van der Waals surface area contributed by atoms with Gasteiger partial charge in [-0.25, -0.2) is 4.58 Å². The number of benzene rings is 1. The molecule has 1 aliphatic rings. The molecule has 3 nitrogen and oxygen atoms in total. The average molecular weight is 273 g/mol. The topological polar surface area (TPSA) is 21.5 Å². The Morgan fingerprint density at radius 1 is 1.28 bits per heavy atom. The summed E-state index contributed by atoms with van der Waals surface area (Å²) in [6, 6.07) is 6.42. The number of para-hydroxylation sites is 1. The van der Waals surface area contributed by atoms with Crippen molar-refractivity contribution in [2.45, 2.75) is 0 Å². The average Bonchev–Trinajstić information content (AvgIpc) is 2.27. The van der Waals surface area contributed by atoms with Crippen LogP contribution < -0.4 is 4.65 Å². The molecule has 0 atom stereocenters. The van der Waals surface area contributed by atoms with E-state index < -0.39 is 7.11 Å². The molecule has 0 saturated heterocycles. The summed E-state index contributed by atoms with van der Waals surface area (Å²) >= 11 is 5.92. The van der Waals surface area contributed by atoms with Crippen LogP contribution in [0.25, 0.3) is 5.76 Å². The summed E-state index contributed by atoms with van der Waals surface area (Å²) < 4.78 is 37.2. The molecule has 1 aromatic carbocycles. The summed E-state index contributed by atoms with van der Waals surface area (Å²) in [5, 5.41) is 0.285. The smallest absolute Gasteiger partial charge is 0.627 e. The monoisotopic (exact) mass is 273 g/mol. The number of hydrogen-bond donors (Lipinski definition) is 0. The molecule has 96 valence electrons. The molecule has 0 N–H and O–H groups in total. The number of allylic oxidation sites excluding steroid dienone is 1. The molecular weight excluding hydrogens is 262 g/mol. The predicted molar refractivity (Wildman–Crippen MR) is 67.1 cm³/mol. The molecule has 1 aromatic rings. The molecule has 0 aliphatic carbocycles. The van der Waals surface area contributed by atoms with Gasteiger partial charge in [-0.05, 0) is 23.7 Å². The molecule has 0 bridgehead atoms. The Morgan fingerprint density at radius 3 is 2.61 bits per heavy atom. The molecule has 0 amide bonds. The maximum Gasteiger partial charge on any atom is 0.725 e. The van der Waals surface area contributed by atoms with Crippen molar-refractivity contribution in [3.05, 3.63) is 35.9 Å². The van der Waals surface area contributed by atoms with E-state index >= 15 is 0 Å². The molecule has 18 heavy (non-hydrogen) atoms. The highest BCUT2D eigenvalue weighted by Crippen LogP contribution is 2.37. The van der Waals surface area contributed by atoms with Crippen LogP contribution in [0.3, 0.4) is 0 Å². The Labute approximate surface area is 108 Å². The highest BCUT2D eigenvalue weighted by atomic mass is 35.5. The Hall–Kier alpha value is -1.56. The van der Waals surface area contributed by atoms with Gasteiger partial charge in [0.2, 0.25) is 0 Å². The minimum Gasteiger partial charge on any atom is -0.627 e. The van der Waals surface area contributed by atoms with Gasteiger partial charge in [-0.15, -0.1) is 0 Å². The molecule has 0 fully saturated rings. The lowest BCUT2D eigenvalue weighted by atomic mass is 10.0. The van der Waals surface area contributed by atoms with E-state index in [2.05, 4.69) is 9.31 Å². The van der Waals surface area contributed by atoms with Crippen LogP contribution in [0.15, 0.2) is 30.3 Å². The Morgan fingerprint density at radius 2 is 1.94 bits per heavy atom. The minimum atomic E-state index is -4.35. The van der Waals surface area contributed by atoms with Crippen LogP contribution in [-0.4, -0.2) is 30.9 Å². The minimum absolute atomic E-state index is 0.000509. The van der Waals surface area contributed by atoms with Gasteiger partial charge in [0, 0.05) is 0 Å². The second kappa shape index (κ2) is 4.61. The maximum absolute atomic E-state index is 13.3. The van der Waals surface area contributed by atoms with Crippen LogP contribution in [-0.2, 0) is 4.65 Å². The van der Waals surface area contributed by atoms with Crippen molar-refractivity contribution in [3.8, 4) is 5.75 Å². The van der Waals surface area contributed by atoms with Gasteiger partial charge in [-0.1, -0.05) is 12.1 Å². The highest BCUT2D eigenvalue weighted by Gasteiger charge is 2.39. The van der Waals surface area contributed by atoms with Crippen molar-refractivity contribution >= 4 is 29.6 Å². The fraction of sp³-hybridized carbons (Fsp3) is 0.182. The van der Waals surface area contributed by atoms with E-state index in [-0.39, 0.29) is 16.7 Å². The Bertz CT molecular complexity index is 542. The van der Waals surface area contributed by atoms with E-state index in [9.17, 15) is 8.63 Å². The molecule has 0 saturated carbocycles. The lowest BCUT2D eigenvalue weighted by Gasteiger charge is -2.35. The third-order valence-corrected chi connectivity index (χ3v) is 2.81. The van der Waals surface area contributed by atoms with Gasteiger partial charge in [0.1, 0.15) is 14.1 Å². The fourth-order valence-corrected chi connectivity index (χ4v) is 1.60. The van der Waals surface area contributed by atoms with E-state index in [1.54, 1.807) is 36.9 Å². The third-order valence-electron chi connectivity index (χ3n) is 2.36. The van der Waals surface area contributed by atoms with E-state index in [4.69, 9.17) is 11.6 Å². The Balaban J connectivity index is 2.52. The SMILES string of the molecule is C[N+](C)=C(Cl)/C=C1\O[B-](F)(F)Oc2ccccc21. The van der Waals surface area contributed by atoms with Crippen LogP contribution in [0.2, 0.25) is 0 Å². The molecule has 0 spiro atoms. The normalized spacial score (nSPS) is 18.6. The van der Waals surface area contributed by atoms with Crippen LogP contribution in [0.5, 0.6) is 5.75 Å². The van der Waals surface area contributed by atoms with Crippen LogP contribution >= 0.6 is 11.6 Å². The standard InChI is InChI=1S/C11H11BClF2NO2/c1-16(2)11(13)7-10-8-5-3-4-6-9(8)17-12(14,15)18-10/h3-7H,1-2H3/b10-7-. The van der Waals surface area contributed by atoms with Crippen LogP contribution in [0, 0.1) is 0 Å². The first-order chi connectivity index (χ1) is 8.39. The van der Waals surface area contributed by atoms with Crippen molar-refractivity contribution in [3.63, 3.8) is 0 Å². The highest BCUT2D eigenvalue weighted by molar-refractivity contribution is 6.67. The van der Waals surface area contributed by atoms with Gasteiger partial charge in [-0.2, -0.15) is 0 Å². The summed E-state index contributed by atoms with van der Waals surface area (Å²) in [4.78, 5) is 0. The zero-order valence-corrected chi connectivity index (χ0v) is 10.6. The largest absolute Gasteiger partial charge is 0.725 e. The number of hydrogen-bond acceptors (Lipinski definition) is 2. The van der Waals surface area contributed by atoms with Gasteiger partial charge >= 0.3 is 7.11 Å². The van der Waals surface area contributed by atoms with Gasteiger partial charge < -0.3 is 17.9 Å². The number of rotatable bonds is 1. The molecular formula is C11H11BClF2NO2. The van der Waals surface area contributed by atoms with E-state index in [1.165, 1.54) is 12.1 Å². The van der Waals surface area contributed by atoms with Gasteiger partial charge in [0.15, 0.2) is 0 Å². The quantitative estimate of drug-likeness (QED) is 0.446. The van der Waals surface area contributed by atoms with E-state index in [1.807, 2.05) is 0 Å². The Kier molecular flexibility index (Phi) is 3.30. The van der Waals surface area contributed by atoms with Gasteiger partial charge in [0.25, 0.3) is 5.17 Å². The lowest BCUT2D eigenvalue weighted by molar-refractivity contribution is -0.461. The fourth-order valence-electron chi connectivity index (χ4n) is 1.51. The molecule has 0 aromatic heterocycles. The second-order valence-electron chi connectivity index (χ2n) is 3.99. The van der Waals surface area contributed by atoms with Crippen molar-refractivity contribution in [2.24, 2.45) is 0 Å². The molecule has 2 rings (SSSR count). The van der Waals surface area contributed by atoms with Crippen LogP contribution in [0.4, 0.5) is 8.63 Å². The number of nitrogens with zero attached hydrogens (tertiary/aromatic N) is 1.